The van der Waals surface area contributed by atoms with Crippen molar-refractivity contribution in [3.63, 3.8) is 0 Å². The monoisotopic (exact) mass is 260 g/mol. The number of fused-ring (bicyclic) bond motifs is 1. The van der Waals surface area contributed by atoms with Gasteiger partial charge in [-0.1, -0.05) is 0 Å². The van der Waals surface area contributed by atoms with Gasteiger partial charge in [-0.3, -0.25) is 0 Å². The molecule has 0 saturated carbocycles. The summed E-state index contributed by atoms with van der Waals surface area (Å²) in [5.41, 5.74) is 3.36. The zero-order valence-corrected chi connectivity index (χ0v) is 11.0. The second-order valence-corrected chi connectivity index (χ2v) is 4.86. The summed E-state index contributed by atoms with van der Waals surface area (Å²) in [6.45, 7) is 2.02. The first-order chi connectivity index (χ1) is 7.09. The van der Waals surface area contributed by atoms with Crippen LogP contribution in [0.1, 0.15) is 5.69 Å². The number of benzene rings is 1. The summed E-state index contributed by atoms with van der Waals surface area (Å²) in [7, 11) is 4.11. The van der Waals surface area contributed by atoms with Crippen LogP contribution >= 0.6 is 0 Å². The van der Waals surface area contributed by atoms with Crippen molar-refractivity contribution in [3.8, 4) is 0 Å². The van der Waals surface area contributed by atoms with Gasteiger partial charge in [-0.05, 0) is 0 Å². The summed E-state index contributed by atoms with van der Waals surface area (Å²) in [6, 6.07) is 8.43. The Kier molecular flexibility index (Phi) is 2.70. The molecule has 0 N–H and O–H groups in total. The van der Waals surface area contributed by atoms with Crippen LogP contribution in [-0.2, 0) is 0 Å². The van der Waals surface area contributed by atoms with Crippen LogP contribution in [0.2, 0.25) is 0 Å². The van der Waals surface area contributed by atoms with E-state index in [1.807, 2.05) is 6.92 Å². The standard InChI is InChI=1S/C12H13AsN2/c1-8-4-5-9-11(15(2)3)7-6-10(13)12(9)14-8/h4-7H,1-3H3. The zero-order valence-electron chi connectivity index (χ0n) is 9.15. The van der Waals surface area contributed by atoms with Crippen molar-refractivity contribution in [2.45, 2.75) is 6.92 Å². The molecule has 2 rings (SSSR count). The molecule has 2 nitrogen and oxygen atoms in total. The van der Waals surface area contributed by atoms with Gasteiger partial charge in [0.05, 0.1) is 0 Å². The molecular formula is C12H13AsN2. The van der Waals surface area contributed by atoms with Crippen molar-refractivity contribution in [1.29, 1.82) is 0 Å². The van der Waals surface area contributed by atoms with Crippen molar-refractivity contribution in [2.75, 3.05) is 19.0 Å². The van der Waals surface area contributed by atoms with Gasteiger partial charge in [-0.25, -0.2) is 0 Å². The summed E-state index contributed by atoms with van der Waals surface area (Å²) in [4.78, 5) is 6.69. The summed E-state index contributed by atoms with van der Waals surface area (Å²) >= 11 is 2.58. The van der Waals surface area contributed by atoms with E-state index in [0.717, 1.165) is 11.2 Å². The van der Waals surface area contributed by atoms with Gasteiger partial charge in [0.25, 0.3) is 0 Å². The van der Waals surface area contributed by atoms with Gasteiger partial charge < -0.3 is 0 Å². The zero-order chi connectivity index (χ0) is 11.0. The van der Waals surface area contributed by atoms with Crippen molar-refractivity contribution in [2.24, 2.45) is 0 Å². The van der Waals surface area contributed by atoms with E-state index in [9.17, 15) is 0 Å². The van der Waals surface area contributed by atoms with Gasteiger partial charge >= 0.3 is 98.7 Å². The van der Waals surface area contributed by atoms with Crippen LogP contribution in [-0.4, -0.2) is 35.9 Å². The molecule has 0 atom stereocenters. The van der Waals surface area contributed by atoms with E-state index in [4.69, 9.17) is 0 Å². The van der Waals surface area contributed by atoms with Crippen LogP contribution in [0.5, 0.6) is 0 Å². The number of hydrogen-bond acceptors (Lipinski definition) is 2. The van der Waals surface area contributed by atoms with E-state index >= 15 is 0 Å². The molecule has 0 aliphatic heterocycles. The first-order valence-corrected chi connectivity index (χ1v) is 5.80. The molecular weight excluding hydrogens is 247 g/mol. The molecule has 0 unspecified atom stereocenters. The third-order valence-corrected chi connectivity index (χ3v) is 3.19. The molecule has 0 aliphatic rings. The van der Waals surface area contributed by atoms with Gasteiger partial charge in [-0.2, -0.15) is 0 Å². The molecule has 76 valence electrons. The van der Waals surface area contributed by atoms with Gasteiger partial charge in [0.15, 0.2) is 0 Å². The van der Waals surface area contributed by atoms with Crippen LogP contribution in [0.3, 0.4) is 0 Å². The molecule has 2 aromatic rings. The van der Waals surface area contributed by atoms with Crippen LogP contribution < -0.4 is 9.25 Å². The molecule has 1 aromatic carbocycles. The summed E-state index contributed by atoms with van der Waals surface area (Å²) < 4.78 is 1.17. The maximum absolute atomic E-state index is 4.58. The topological polar surface area (TPSA) is 16.1 Å². The minimum atomic E-state index is 1.06. The average Bonchev–Trinajstić information content (AvgIpc) is 2.19. The fourth-order valence-corrected chi connectivity index (χ4v) is 2.19. The number of pyridine rings is 1. The fourth-order valence-electron chi connectivity index (χ4n) is 1.68. The van der Waals surface area contributed by atoms with Crippen LogP contribution in [0.25, 0.3) is 10.9 Å². The molecule has 0 spiro atoms. The van der Waals surface area contributed by atoms with Crippen LogP contribution in [0.4, 0.5) is 5.69 Å². The number of nitrogens with zero attached hydrogens (tertiary/aromatic N) is 2. The Bertz CT molecular complexity index is 506. The predicted molar refractivity (Wildman–Crippen MR) is 66.2 cm³/mol. The molecule has 0 amide bonds. The second-order valence-electron chi connectivity index (χ2n) is 3.85. The number of aromatic nitrogens is 1. The molecule has 15 heavy (non-hydrogen) atoms. The minimum absolute atomic E-state index is 1.06. The Hall–Kier alpha value is -1.01. The average molecular weight is 260 g/mol. The summed E-state index contributed by atoms with van der Waals surface area (Å²) in [5.74, 6) is 0. The van der Waals surface area contributed by atoms with Crippen molar-refractivity contribution >= 4 is 37.8 Å². The molecule has 0 fully saturated rings. The normalized spacial score (nSPS) is 10.7. The first kappa shape index (κ1) is 10.5. The second kappa shape index (κ2) is 3.86. The summed E-state index contributed by atoms with van der Waals surface area (Å²) in [6.07, 6.45) is 0. The van der Waals surface area contributed by atoms with Gasteiger partial charge in [-0.15, -0.1) is 0 Å². The Morgan fingerprint density at radius 1 is 1.13 bits per heavy atom. The first-order valence-electron chi connectivity index (χ1n) is 4.86. The SMILES string of the molecule is Cc1ccc2c(N(C)C)ccc([As])c2n1. The van der Waals surface area contributed by atoms with Gasteiger partial charge in [0.1, 0.15) is 0 Å². The third kappa shape index (κ3) is 1.87. The number of rotatable bonds is 1. The van der Waals surface area contributed by atoms with E-state index in [1.165, 1.54) is 15.4 Å². The Labute approximate surface area is 98.8 Å². The molecule has 3 heteroatoms. The van der Waals surface area contributed by atoms with Crippen molar-refractivity contribution in [1.82, 2.24) is 4.98 Å². The van der Waals surface area contributed by atoms with Crippen LogP contribution in [0.15, 0.2) is 24.3 Å². The number of aryl methyl sites for hydroxylation is 1. The van der Waals surface area contributed by atoms with Gasteiger partial charge in [0.2, 0.25) is 0 Å². The van der Waals surface area contributed by atoms with Crippen molar-refractivity contribution in [3.05, 3.63) is 30.0 Å². The predicted octanol–water partition coefficient (Wildman–Crippen LogP) is 1.40. The van der Waals surface area contributed by atoms with E-state index in [1.54, 1.807) is 0 Å². The number of hydrogen-bond donors (Lipinski definition) is 0. The van der Waals surface area contributed by atoms with Crippen molar-refractivity contribution < 1.29 is 0 Å². The van der Waals surface area contributed by atoms with E-state index in [0.29, 0.717) is 0 Å². The quantitative estimate of drug-likeness (QED) is 0.721. The van der Waals surface area contributed by atoms with E-state index in [-0.39, 0.29) is 0 Å². The fraction of sp³-hybridized carbons (Fsp3) is 0.250. The van der Waals surface area contributed by atoms with Crippen LogP contribution in [0, 0.1) is 6.92 Å². The van der Waals surface area contributed by atoms with Gasteiger partial charge in [0, 0.05) is 0 Å². The Balaban J connectivity index is 2.82. The molecule has 1 aromatic heterocycles. The third-order valence-electron chi connectivity index (χ3n) is 2.43. The van der Waals surface area contributed by atoms with E-state index in [2.05, 4.69) is 65.1 Å². The number of anilines is 1. The Morgan fingerprint density at radius 3 is 2.53 bits per heavy atom. The molecule has 2 radical (unpaired) electrons. The molecule has 0 aliphatic carbocycles. The maximum atomic E-state index is 4.58. The molecule has 0 saturated heterocycles. The molecule has 1 heterocycles. The summed E-state index contributed by atoms with van der Waals surface area (Å²) in [5, 5.41) is 1.21. The van der Waals surface area contributed by atoms with E-state index < -0.39 is 0 Å². The Morgan fingerprint density at radius 2 is 1.87 bits per heavy atom. The molecule has 0 bridgehead atoms.